The Labute approximate surface area is 128 Å². The topological polar surface area (TPSA) is 28.6 Å². The molecule has 0 saturated carbocycles. The Hall–Kier alpha value is -0.630. The Morgan fingerprint density at radius 1 is 1.29 bits per heavy atom. The van der Waals surface area contributed by atoms with Gasteiger partial charge >= 0.3 is 0 Å². The van der Waals surface area contributed by atoms with E-state index >= 15 is 0 Å². The van der Waals surface area contributed by atoms with Gasteiger partial charge in [0.05, 0.1) is 12.2 Å². The summed E-state index contributed by atoms with van der Waals surface area (Å²) in [7, 11) is 0. The molecule has 0 aliphatic carbocycles. The second-order valence-corrected chi connectivity index (χ2v) is 6.13. The molecule has 1 fully saturated rings. The molecular weight excluding hydrogens is 296 g/mol. The first kappa shape index (κ1) is 16.7. The molecule has 0 amide bonds. The van der Waals surface area contributed by atoms with Crippen LogP contribution in [0.1, 0.15) is 30.7 Å². The Balaban J connectivity index is 1.78. The van der Waals surface area contributed by atoms with E-state index in [4.69, 9.17) is 4.74 Å². The van der Waals surface area contributed by atoms with Gasteiger partial charge in [0, 0.05) is 44.7 Å². The molecule has 2 heterocycles. The molecule has 1 saturated heterocycles. The zero-order chi connectivity index (χ0) is 15.2. The average molecular weight is 319 g/mol. The molecule has 0 spiro atoms. The first-order valence-electron chi connectivity index (χ1n) is 7.37. The highest BCUT2D eigenvalue weighted by Gasteiger charge is 2.20. The van der Waals surface area contributed by atoms with E-state index in [9.17, 15) is 8.78 Å². The summed E-state index contributed by atoms with van der Waals surface area (Å²) < 4.78 is 30.2. The Morgan fingerprint density at radius 2 is 1.95 bits per heavy atom. The first-order chi connectivity index (χ1) is 10.1. The summed E-state index contributed by atoms with van der Waals surface area (Å²) in [6.45, 7) is 8.40. The van der Waals surface area contributed by atoms with Crippen LogP contribution in [-0.2, 0) is 11.3 Å². The van der Waals surface area contributed by atoms with Crippen molar-refractivity contribution in [1.29, 1.82) is 0 Å². The maximum absolute atomic E-state index is 12.3. The SMILES string of the molecule is CCO[C@H](C)c1nc(CN2CCN(CC(F)F)CC2)cs1. The summed E-state index contributed by atoms with van der Waals surface area (Å²) in [4.78, 5) is 8.70. The number of alkyl halides is 2. The van der Waals surface area contributed by atoms with Gasteiger partial charge in [-0.15, -0.1) is 11.3 Å². The molecule has 2 rings (SSSR count). The van der Waals surface area contributed by atoms with Gasteiger partial charge in [-0.2, -0.15) is 0 Å². The fourth-order valence-corrected chi connectivity index (χ4v) is 3.27. The lowest BCUT2D eigenvalue weighted by molar-refractivity contribution is 0.0539. The maximum atomic E-state index is 12.3. The average Bonchev–Trinajstić information content (AvgIpc) is 2.89. The van der Waals surface area contributed by atoms with Crippen molar-refractivity contribution in [2.45, 2.75) is 32.9 Å². The number of rotatable bonds is 7. The summed E-state index contributed by atoms with van der Waals surface area (Å²) in [5, 5.41) is 3.07. The van der Waals surface area contributed by atoms with Gasteiger partial charge in [0.1, 0.15) is 11.1 Å². The monoisotopic (exact) mass is 319 g/mol. The quantitative estimate of drug-likeness (QED) is 0.772. The van der Waals surface area contributed by atoms with E-state index in [0.29, 0.717) is 19.7 Å². The van der Waals surface area contributed by atoms with Crippen LogP contribution in [0, 0.1) is 0 Å². The van der Waals surface area contributed by atoms with Gasteiger partial charge in [-0.1, -0.05) is 0 Å². The van der Waals surface area contributed by atoms with Gasteiger partial charge < -0.3 is 4.74 Å². The van der Waals surface area contributed by atoms with Crippen molar-refractivity contribution in [3.8, 4) is 0 Å². The fourth-order valence-electron chi connectivity index (χ4n) is 2.46. The van der Waals surface area contributed by atoms with E-state index in [0.717, 1.165) is 30.3 Å². The van der Waals surface area contributed by atoms with Crippen LogP contribution >= 0.6 is 11.3 Å². The van der Waals surface area contributed by atoms with Crippen LogP contribution in [0.15, 0.2) is 5.38 Å². The van der Waals surface area contributed by atoms with Crippen molar-refractivity contribution in [2.24, 2.45) is 0 Å². The van der Waals surface area contributed by atoms with E-state index < -0.39 is 6.43 Å². The predicted molar refractivity (Wildman–Crippen MR) is 79.9 cm³/mol. The summed E-state index contributed by atoms with van der Waals surface area (Å²) in [6, 6.07) is 0. The number of ether oxygens (including phenoxy) is 1. The number of hydrogen-bond acceptors (Lipinski definition) is 5. The molecule has 1 aromatic rings. The van der Waals surface area contributed by atoms with E-state index in [1.807, 2.05) is 18.7 Å². The van der Waals surface area contributed by atoms with Crippen LogP contribution in [-0.4, -0.2) is 60.5 Å². The van der Waals surface area contributed by atoms with Crippen LogP contribution < -0.4 is 0 Å². The molecule has 1 aliphatic heterocycles. The molecule has 0 N–H and O–H groups in total. The minimum absolute atomic E-state index is 0.0386. The Bertz CT molecular complexity index is 422. The van der Waals surface area contributed by atoms with Crippen molar-refractivity contribution >= 4 is 11.3 Å². The Morgan fingerprint density at radius 3 is 2.57 bits per heavy atom. The molecule has 4 nitrogen and oxygen atoms in total. The van der Waals surface area contributed by atoms with Crippen LogP contribution in [0.2, 0.25) is 0 Å². The second-order valence-electron chi connectivity index (χ2n) is 5.24. The molecule has 120 valence electrons. The molecule has 0 aromatic carbocycles. The molecule has 21 heavy (non-hydrogen) atoms. The third kappa shape index (κ3) is 5.25. The maximum Gasteiger partial charge on any atom is 0.251 e. The van der Waals surface area contributed by atoms with Crippen molar-refractivity contribution in [3.05, 3.63) is 16.1 Å². The minimum Gasteiger partial charge on any atom is -0.372 e. The molecule has 1 aromatic heterocycles. The van der Waals surface area contributed by atoms with Crippen LogP contribution in [0.25, 0.3) is 0 Å². The lowest BCUT2D eigenvalue weighted by Crippen LogP contribution is -2.47. The lowest BCUT2D eigenvalue weighted by atomic mass is 10.3. The van der Waals surface area contributed by atoms with Crippen molar-refractivity contribution in [3.63, 3.8) is 0 Å². The molecule has 0 unspecified atom stereocenters. The zero-order valence-electron chi connectivity index (χ0n) is 12.6. The van der Waals surface area contributed by atoms with Crippen LogP contribution in [0.3, 0.4) is 0 Å². The number of aromatic nitrogens is 1. The third-order valence-electron chi connectivity index (χ3n) is 3.58. The predicted octanol–water partition coefficient (Wildman–Crippen LogP) is 2.62. The second kappa shape index (κ2) is 8.12. The van der Waals surface area contributed by atoms with Gasteiger partial charge in [0.15, 0.2) is 0 Å². The fraction of sp³-hybridized carbons (Fsp3) is 0.786. The molecule has 1 atom stereocenters. The van der Waals surface area contributed by atoms with Crippen molar-refractivity contribution in [1.82, 2.24) is 14.8 Å². The van der Waals surface area contributed by atoms with E-state index in [1.54, 1.807) is 11.3 Å². The number of nitrogens with zero attached hydrogens (tertiary/aromatic N) is 3. The molecule has 0 bridgehead atoms. The highest BCUT2D eigenvalue weighted by Crippen LogP contribution is 2.22. The van der Waals surface area contributed by atoms with Gasteiger partial charge in [-0.3, -0.25) is 9.80 Å². The smallest absolute Gasteiger partial charge is 0.251 e. The van der Waals surface area contributed by atoms with Gasteiger partial charge in [0.2, 0.25) is 0 Å². The molecular formula is C14H23F2N3OS. The van der Waals surface area contributed by atoms with E-state index in [1.165, 1.54) is 0 Å². The first-order valence-corrected chi connectivity index (χ1v) is 8.25. The zero-order valence-corrected chi connectivity index (χ0v) is 13.4. The normalized spacial score (nSPS) is 19.3. The lowest BCUT2D eigenvalue weighted by Gasteiger charge is -2.34. The molecule has 7 heteroatoms. The summed E-state index contributed by atoms with van der Waals surface area (Å²) in [6.07, 6.45) is -2.20. The number of hydrogen-bond donors (Lipinski definition) is 0. The summed E-state index contributed by atoms with van der Waals surface area (Å²) in [5.41, 5.74) is 1.05. The van der Waals surface area contributed by atoms with Crippen molar-refractivity contribution in [2.75, 3.05) is 39.3 Å². The van der Waals surface area contributed by atoms with Gasteiger partial charge in [0.25, 0.3) is 6.43 Å². The number of thiazole rings is 1. The van der Waals surface area contributed by atoms with E-state index in [-0.39, 0.29) is 12.6 Å². The van der Waals surface area contributed by atoms with E-state index in [2.05, 4.69) is 15.3 Å². The van der Waals surface area contributed by atoms with Crippen LogP contribution in [0.5, 0.6) is 0 Å². The van der Waals surface area contributed by atoms with Gasteiger partial charge in [-0.25, -0.2) is 13.8 Å². The number of halogens is 2. The number of piperazine rings is 1. The summed E-state index contributed by atoms with van der Waals surface area (Å²) >= 11 is 1.62. The minimum atomic E-state index is -2.24. The highest BCUT2D eigenvalue weighted by molar-refractivity contribution is 7.09. The largest absolute Gasteiger partial charge is 0.372 e. The molecule has 1 aliphatic rings. The summed E-state index contributed by atoms with van der Waals surface area (Å²) in [5.74, 6) is 0. The Kier molecular flexibility index (Phi) is 6.47. The third-order valence-corrected chi connectivity index (χ3v) is 4.64. The standard InChI is InChI=1S/C14H23F2N3OS/c1-3-20-11(2)14-17-12(10-21-14)8-18-4-6-19(7-5-18)9-13(15)16/h10-11,13H,3-9H2,1-2H3/t11-/m1/s1. The highest BCUT2D eigenvalue weighted by atomic mass is 32.1. The molecule has 0 radical (unpaired) electrons. The van der Waals surface area contributed by atoms with Gasteiger partial charge in [-0.05, 0) is 13.8 Å². The van der Waals surface area contributed by atoms with Crippen LogP contribution in [0.4, 0.5) is 8.78 Å². The van der Waals surface area contributed by atoms with Crippen molar-refractivity contribution < 1.29 is 13.5 Å².